The van der Waals surface area contributed by atoms with Crippen LogP contribution in [-0.2, 0) is 11.3 Å². The molecule has 1 amide bonds. The van der Waals surface area contributed by atoms with E-state index in [1.165, 1.54) is 32.4 Å². The predicted octanol–water partition coefficient (Wildman–Crippen LogP) is 3.01. The molecule has 0 atom stereocenters. The summed E-state index contributed by atoms with van der Waals surface area (Å²) in [5.41, 5.74) is 1.41. The summed E-state index contributed by atoms with van der Waals surface area (Å²) in [6.45, 7) is -2.77. The molecule has 0 unspecified atom stereocenters. The number of halogens is 2. The van der Waals surface area contributed by atoms with Crippen molar-refractivity contribution in [1.82, 2.24) is 5.32 Å². The number of rotatable bonds is 7. The number of benzene rings is 2. The van der Waals surface area contributed by atoms with Crippen molar-refractivity contribution in [3.05, 3.63) is 59.2 Å². The average Bonchev–Trinajstić information content (AvgIpc) is 2.65. The van der Waals surface area contributed by atoms with Crippen LogP contribution in [0.4, 0.5) is 8.78 Å². The minimum Gasteiger partial charge on any atom is -0.493 e. The molecule has 2 aromatic carbocycles. The molecular formula is C18H17F2NO5. The molecule has 138 valence electrons. The van der Waals surface area contributed by atoms with Gasteiger partial charge in [0.1, 0.15) is 0 Å². The van der Waals surface area contributed by atoms with Gasteiger partial charge in [0.05, 0.1) is 19.8 Å². The molecule has 26 heavy (non-hydrogen) atoms. The third-order valence-corrected chi connectivity index (χ3v) is 3.47. The van der Waals surface area contributed by atoms with Gasteiger partial charge >= 0.3 is 12.6 Å². The molecule has 0 bridgehead atoms. The fourth-order valence-electron chi connectivity index (χ4n) is 2.16. The summed E-state index contributed by atoms with van der Waals surface area (Å²) in [5.74, 6) is -0.986. The number of methoxy groups -OCH3 is 2. The van der Waals surface area contributed by atoms with Crippen molar-refractivity contribution in [2.24, 2.45) is 0 Å². The quantitative estimate of drug-likeness (QED) is 0.764. The van der Waals surface area contributed by atoms with Gasteiger partial charge in [0, 0.05) is 12.1 Å². The summed E-state index contributed by atoms with van der Waals surface area (Å²) in [6.07, 6.45) is 0. The highest BCUT2D eigenvalue weighted by atomic mass is 19.3. The second-order valence-corrected chi connectivity index (χ2v) is 5.12. The van der Waals surface area contributed by atoms with E-state index in [2.05, 4.69) is 14.8 Å². The van der Waals surface area contributed by atoms with Crippen LogP contribution >= 0.6 is 0 Å². The summed E-state index contributed by atoms with van der Waals surface area (Å²) >= 11 is 0. The van der Waals surface area contributed by atoms with Crippen molar-refractivity contribution < 1.29 is 32.6 Å². The molecule has 0 aliphatic carbocycles. The van der Waals surface area contributed by atoms with Gasteiger partial charge in [-0.2, -0.15) is 8.78 Å². The van der Waals surface area contributed by atoms with Crippen LogP contribution in [0.3, 0.4) is 0 Å². The Morgan fingerprint density at radius 3 is 2.23 bits per heavy atom. The summed E-state index contributed by atoms with van der Waals surface area (Å²) in [6, 6.07) is 10.5. The van der Waals surface area contributed by atoms with Crippen molar-refractivity contribution in [2.75, 3.05) is 14.2 Å². The van der Waals surface area contributed by atoms with E-state index in [4.69, 9.17) is 4.74 Å². The second-order valence-electron chi connectivity index (χ2n) is 5.12. The predicted molar refractivity (Wildman–Crippen MR) is 88.6 cm³/mol. The van der Waals surface area contributed by atoms with Crippen LogP contribution in [0.15, 0.2) is 42.5 Å². The van der Waals surface area contributed by atoms with Gasteiger partial charge in [-0.15, -0.1) is 0 Å². The van der Waals surface area contributed by atoms with Gasteiger partial charge in [0.15, 0.2) is 11.5 Å². The van der Waals surface area contributed by atoms with Crippen molar-refractivity contribution in [1.29, 1.82) is 0 Å². The smallest absolute Gasteiger partial charge is 0.387 e. The topological polar surface area (TPSA) is 73.9 Å². The van der Waals surface area contributed by atoms with E-state index >= 15 is 0 Å². The van der Waals surface area contributed by atoms with E-state index in [0.717, 1.165) is 5.56 Å². The molecule has 0 spiro atoms. The number of carbonyl (C=O) groups excluding carboxylic acids is 2. The normalized spacial score (nSPS) is 10.3. The van der Waals surface area contributed by atoms with Crippen LogP contribution in [0.25, 0.3) is 0 Å². The number of esters is 1. The highest BCUT2D eigenvalue weighted by molar-refractivity contribution is 5.95. The second kappa shape index (κ2) is 8.80. The molecule has 0 aliphatic rings. The molecule has 2 rings (SSSR count). The van der Waals surface area contributed by atoms with E-state index in [1.807, 2.05) is 0 Å². The fraction of sp³-hybridized carbons (Fsp3) is 0.222. The first-order valence-electron chi connectivity index (χ1n) is 7.53. The Balaban J connectivity index is 2.02. The van der Waals surface area contributed by atoms with Crippen LogP contribution in [0.1, 0.15) is 26.3 Å². The van der Waals surface area contributed by atoms with E-state index < -0.39 is 18.5 Å². The minimum absolute atomic E-state index is 0.0281. The summed E-state index contributed by atoms with van der Waals surface area (Å²) in [7, 11) is 2.58. The van der Waals surface area contributed by atoms with Crippen molar-refractivity contribution in [3.63, 3.8) is 0 Å². The van der Waals surface area contributed by atoms with Gasteiger partial charge in [-0.1, -0.05) is 12.1 Å². The molecule has 8 heteroatoms. The molecule has 0 aromatic heterocycles. The number of alkyl halides is 2. The first kappa shape index (κ1) is 19.2. The maximum Gasteiger partial charge on any atom is 0.387 e. The maximum absolute atomic E-state index is 12.3. The van der Waals surface area contributed by atoms with Gasteiger partial charge in [0.2, 0.25) is 0 Å². The fourth-order valence-corrected chi connectivity index (χ4v) is 2.16. The Morgan fingerprint density at radius 1 is 1.00 bits per heavy atom. The van der Waals surface area contributed by atoms with Crippen LogP contribution in [0, 0.1) is 0 Å². The largest absolute Gasteiger partial charge is 0.493 e. The maximum atomic E-state index is 12.3. The lowest BCUT2D eigenvalue weighted by atomic mass is 10.1. The van der Waals surface area contributed by atoms with Crippen molar-refractivity contribution >= 4 is 11.9 Å². The van der Waals surface area contributed by atoms with Crippen LogP contribution in [-0.4, -0.2) is 32.7 Å². The molecule has 6 nitrogen and oxygen atoms in total. The molecule has 0 radical (unpaired) electrons. The Kier molecular flexibility index (Phi) is 6.48. The molecule has 0 saturated carbocycles. The van der Waals surface area contributed by atoms with E-state index in [9.17, 15) is 18.4 Å². The number of amides is 1. The molecule has 0 heterocycles. The Morgan fingerprint density at radius 2 is 1.65 bits per heavy atom. The lowest BCUT2D eigenvalue weighted by Gasteiger charge is -2.11. The number of nitrogens with one attached hydrogen (secondary N) is 1. The molecule has 0 saturated heterocycles. The zero-order valence-electron chi connectivity index (χ0n) is 14.1. The number of hydrogen-bond donors (Lipinski definition) is 1. The molecular weight excluding hydrogens is 348 g/mol. The van der Waals surface area contributed by atoms with Crippen LogP contribution in [0.2, 0.25) is 0 Å². The average molecular weight is 365 g/mol. The first-order valence-corrected chi connectivity index (χ1v) is 7.53. The van der Waals surface area contributed by atoms with Crippen molar-refractivity contribution in [2.45, 2.75) is 13.2 Å². The van der Waals surface area contributed by atoms with Gasteiger partial charge < -0.3 is 19.5 Å². The first-order chi connectivity index (χ1) is 12.4. The summed E-state index contributed by atoms with van der Waals surface area (Å²) in [4.78, 5) is 23.6. The van der Waals surface area contributed by atoms with E-state index in [1.54, 1.807) is 24.3 Å². The Bertz CT molecular complexity index is 778. The van der Waals surface area contributed by atoms with Gasteiger partial charge in [-0.05, 0) is 35.9 Å². The molecule has 0 aliphatic heterocycles. The minimum atomic E-state index is -2.99. The third kappa shape index (κ3) is 4.92. The monoisotopic (exact) mass is 365 g/mol. The SMILES string of the molecule is COC(=O)c1ccc(CNC(=O)c2ccc(OC(F)F)c(OC)c2)cc1. The van der Waals surface area contributed by atoms with Gasteiger partial charge in [-0.25, -0.2) is 4.79 Å². The number of carbonyl (C=O) groups is 2. The molecule has 0 fully saturated rings. The summed E-state index contributed by atoms with van der Waals surface area (Å²) < 4.78 is 38.5. The third-order valence-electron chi connectivity index (χ3n) is 3.47. The summed E-state index contributed by atoms with van der Waals surface area (Å²) in [5, 5.41) is 2.69. The van der Waals surface area contributed by atoms with Crippen molar-refractivity contribution in [3.8, 4) is 11.5 Å². The van der Waals surface area contributed by atoms with E-state index in [0.29, 0.717) is 5.56 Å². The highest BCUT2D eigenvalue weighted by Crippen LogP contribution is 2.29. The number of ether oxygens (including phenoxy) is 3. The van der Waals surface area contributed by atoms with Gasteiger partial charge in [0.25, 0.3) is 5.91 Å². The molecule has 1 N–H and O–H groups in total. The Labute approximate surface area is 148 Å². The Hall–Kier alpha value is -3.16. The zero-order chi connectivity index (χ0) is 19.1. The lowest BCUT2D eigenvalue weighted by Crippen LogP contribution is -2.22. The van der Waals surface area contributed by atoms with Crippen LogP contribution < -0.4 is 14.8 Å². The number of hydrogen-bond acceptors (Lipinski definition) is 5. The lowest BCUT2D eigenvalue weighted by molar-refractivity contribution is -0.0512. The van der Waals surface area contributed by atoms with E-state index in [-0.39, 0.29) is 23.6 Å². The standard InChI is InChI=1S/C18H17F2NO5/c1-24-15-9-13(7-8-14(15)26-18(19)20)16(22)21-10-11-3-5-12(6-4-11)17(23)25-2/h3-9,18H,10H2,1-2H3,(H,21,22). The highest BCUT2D eigenvalue weighted by Gasteiger charge is 2.14. The zero-order valence-corrected chi connectivity index (χ0v) is 14.1. The van der Waals surface area contributed by atoms with Gasteiger partial charge in [-0.3, -0.25) is 4.79 Å². The van der Waals surface area contributed by atoms with Crippen LogP contribution in [0.5, 0.6) is 11.5 Å². The molecule has 2 aromatic rings.